The second-order valence-electron chi connectivity index (χ2n) is 4.95. The fraction of sp³-hybridized carbons (Fsp3) is 0.353. The highest BCUT2D eigenvalue weighted by Gasteiger charge is 2.06. The first-order valence-corrected chi connectivity index (χ1v) is 7.15. The van der Waals surface area contributed by atoms with Crippen molar-refractivity contribution in [2.24, 2.45) is 0 Å². The van der Waals surface area contributed by atoms with Crippen LogP contribution in [0.25, 0.3) is 10.8 Å². The summed E-state index contributed by atoms with van der Waals surface area (Å²) in [5.74, 6) is 0.0605. The molecule has 106 valence electrons. The quantitative estimate of drug-likeness (QED) is 0.761. The Hall–Kier alpha value is -1.87. The zero-order valence-electron chi connectivity index (χ0n) is 11.6. The average Bonchev–Trinajstić information content (AvgIpc) is 2.47. The number of aliphatic hydroxyl groups is 1. The SMILES string of the molecule is O=C(Cc1cccc2ccccc12)NCCCCCO. The van der Waals surface area contributed by atoms with Crippen molar-refractivity contribution in [2.45, 2.75) is 25.7 Å². The van der Waals surface area contributed by atoms with Crippen LogP contribution in [0, 0.1) is 0 Å². The molecule has 2 N–H and O–H groups in total. The molecule has 0 atom stereocenters. The molecule has 0 bridgehead atoms. The van der Waals surface area contributed by atoms with E-state index in [1.165, 1.54) is 5.39 Å². The van der Waals surface area contributed by atoms with Gasteiger partial charge in [-0.3, -0.25) is 4.79 Å². The Labute approximate surface area is 119 Å². The van der Waals surface area contributed by atoms with E-state index in [0.29, 0.717) is 13.0 Å². The molecule has 0 heterocycles. The molecule has 0 aliphatic rings. The van der Waals surface area contributed by atoms with E-state index >= 15 is 0 Å². The molecular weight excluding hydrogens is 250 g/mol. The second-order valence-corrected chi connectivity index (χ2v) is 4.95. The van der Waals surface area contributed by atoms with Gasteiger partial charge >= 0.3 is 0 Å². The maximum absolute atomic E-state index is 11.9. The number of aliphatic hydroxyl groups excluding tert-OH is 1. The second kappa shape index (κ2) is 7.65. The van der Waals surface area contributed by atoms with Crippen molar-refractivity contribution in [3.63, 3.8) is 0 Å². The first-order chi connectivity index (χ1) is 9.81. The van der Waals surface area contributed by atoms with Crippen LogP contribution < -0.4 is 5.32 Å². The van der Waals surface area contributed by atoms with Crippen LogP contribution in [0.5, 0.6) is 0 Å². The van der Waals surface area contributed by atoms with E-state index < -0.39 is 0 Å². The van der Waals surface area contributed by atoms with Crippen LogP contribution in [0.1, 0.15) is 24.8 Å². The van der Waals surface area contributed by atoms with Crippen molar-refractivity contribution in [2.75, 3.05) is 13.2 Å². The van der Waals surface area contributed by atoms with Gasteiger partial charge in [-0.2, -0.15) is 0 Å². The lowest BCUT2D eigenvalue weighted by molar-refractivity contribution is -0.120. The van der Waals surface area contributed by atoms with Crippen LogP contribution >= 0.6 is 0 Å². The topological polar surface area (TPSA) is 49.3 Å². The van der Waals surface area contributed by atoms with Gasteiger partial charge in [0.15, 0.2) is 0 Å². The van der Waals surface area contributed by atoms with Crippen LogP contribution in [0.4, 0.5) is 0 Å². The van der Waals surface area contributed by atoms with Crippen molar-refractivity contribution in [3.8, 4) is 0 Å². The van der Waals surface area contributed by atoms with E-state index in [0.717, 1.165) is 30.2 Å². The lowest BCUT2D eigenvalue weighted by Gasteiger charge is -2.07. The Morgan fingerprint density at radius 1 is 1.00 bits per heavy atom. The predicted octanol–water partition coefficient (Wildman–Crippen LogP) is 2.66. The Balaban J connectivity index is 1.90. The summed E-state index contributed by atoms with van der Waals surface area (Å²) >= 11 is 0. The van der Waals surface area contributed by atoms with E-state index in [9.17, 15) is 4.79 Å². The highest BCUT2D eigenvalue weighted by atomic mass is 16.2. The number of carbonyl (C=O) groups excluding carboxylic acids is 1. The number of fused-ring (bicyclic) bond motifs is 1. The third-order valence-electron chi connectivity index (χ3n) is 3.39. The average molecular weight is 271 g/mol. The summed E-state index contributed by atoms with van der Waals surface area (Å²) in [4.78, 5) is 11.9. The highest BCUT2D eigenvalue weighted by Crippen LogP contribution is 2.18. The van der Waals surface area contributed by atoms with Crippen LogP contribution in [-0.2, 0) is 11.2 Å². The van der Waals surface area contributed by atoms with Gasteiger partial charge in [-0.05, 0) is 35.6 Å². The minimum atomic E-state index is 0.0605. The fourth-order valence-electron chi connectivity index (χ4n) is 2.32. The van der Waals surface area contributed by atoms with Crippen molar-refractivity contribution in [1.82, 2.24) is 5.32 Å². The number of hydrogen-bond donors (Lipinski definition) is 2. The van der Waals surface area contributed by atoms with Gasteiger partial charge in [0.25, 0.3) is 0 Å². The van der Waals surface area contributed by atoms with Crippen LogP contribution in [0.3, 0.4) is 0 Å². The van der Waals surface area contributed by atoms with Crippen molar-refractivity contribution < 1.29 is 9.90 Å². The molecule has 0 aromatic heterocycles. The smallest absolute Gasteiger partial charge is 0.224 e. The van der Waals surface area contributed by atoms with Gasteiger partial charge < -0.3 is 10.4 Å². The molecule has 3 nitrogen and oxygen atoms in total. The molecule has 0 unspecified atom stereocenters. The van der Waals surface area contributed by atoms with E-state index in [2.05, 4.69) is 23.5 Å². The summed E-state index contributed by atoms with van der Waals surface area (Å²) in [6.45, 7) is 0.910. The maximum Gasteiger partial charge on any atom is 0.224 e. The summed E-state index contributed by atoms with van der Waals surface area (Å²) in [7, 11) is 0. The Kier molecular flexibility index (Phi) is 5.56. The highest BCUT2D eigenvalue weighted by molar-refractivity contribution is 5.90. The molecule has 0 aliphatic carbocycles. The Bertz CT molecular complexity index is 560. The number of nitrogens with one attached hydrogen (secondary N) is 1. The van der Waals surface area contributed by atoms with Gasteiger partial charge in [0.2, 0.25) is 5.91 Å². The molecule has 3 heteroatoms. The molecule has 0 saturated carbocycles. The van der Waals surface area contributed by atoms with E-state index in [-0.39, 0.29) is 12.5 Å². The molecule has 0 saturated heterocycles. The van der Waals surface area contributed by atoms with Crippen molar-refractivity contribution >= 4 is 16.7 Å². The van der Waals surface area contributed by atoms with Gasteiger partial charge in [0.1, 0.15) is 0 Å². The summed E-state index contributed by atoms with van der Waals surface area (Å²) in [5.41, 5.74) is 1.07. The molecule has 0 radical (unpaired) electrons. The molecular formula is C17H21NO2. The standard InChI is InChI=1S/C17H21NO2/c19-12-5-1-4-11-18-17(20)13-15-9-6-8-14-7-2-3-10-16(14)15/h2-3,6-10,19H,1,4-5,11-13H2,(H,18,20). The lowest BCUT2D eigenvalue weighted by atomic mass is 10.0. The molecule has 0 fully saturated rings. The third-order valence-corrected chi connectivity index (χ3v) is 3.39. The first-order valence-electron chi connectivity index (χ1n) is 7.15. The van der Waals surface area contributed by atoms with Crippen LogP contribution in [0.15, 0.2) is 42.5 Å². The molecule has 0 spiro atoms. The molecule has 2 aromatic rings. The number of unbranched alkanes of at least 4 members (excludes halogenated alkanes) is 2. The number of hydrogen-bond acceptors (Lipinski definition) is 2. The van der Waals surface area contributed by atoms with Gasteiger partial charge in [0.05, 0.1) is 6.42 Å². The summed E-state index contributed by atoms with van der Waals surface area (Å²) in [5, 5.41) is 13.9. The van der Waals surface area contributed by atoms with Gasteiger partial charge in [0, 0.05) is 13.2 Å². The van der Waals surface area contributed by atoms with E-state index in [4.69, 9.17) is 5.11 Å². The van der Waals surface area contributed by atoms with Gasteiger partial charge in [-0.1, -0.05) is 42.5 Å². The fourth-order valence-corrected chi connectivity index (χ4v) is 2.32. The summed E-state index contributed by atoms with van der Waals surface area (Å²) in [6, 6.07) is 14.2. The Morgan fingerprint density at radius 2 is 1.80 bits per heavy atom. The number of amides is 1. The summed E-state index contributed by atoms with van der Waals surface area (Å²) < 4.78 is 0. The Morgan fingerprint density at radius 3 is 2.65 bits per heavy atom. The van der Waals surface area contributed by atoms with Crippen molar-refractivity contribution in [1.29, 1.82) is 0 Å². The van der Waals surface area contributed by atoms with Crippen molar-refractivity contribution in [3.05, 3.63) is 48.0 Å². The zero-order valence-corrected chi connectivity index (χ0v) is 11.6. The molecule has 0 aliphatic heterocycles. The molecule has 2 rings (SSSR count). The lowest BCUT2D eigenvalue weighted by Crippen LogP contribution is -2.26. The maximum atomic E-state index is 11.9. The minimum Gasteiger partial charge on any atom is -0.396 e. The summed E-state index contributed by atoms with van der Waals surface area (Å²) in [6.07, 6.45) is 3.09. The molecule has 1 amide bonds. The number of carbonyl (C=O) groups is 1. The zero-order chi connectivity index (χ0) is 14.2. The minimum absolute atomic E-state index is 0.0605. The largest absolute Gasteiger partial charge is 0.396 e. The third kappa shape index (κ3) is 4.07. The van der Waals surface area contributed by atoms with Crippen LogP contribution in [-0.4, -0.2) is 24.2 Å². The van der Waals surface area contributed by atoms with Gasteiger partial charge in [-0.25, -0.2) is 0 Å². The van der Waals surface area contributed by atoms with Crippen LogP contribution in [0.2, 0.25) is 0 Å². The van der Waals surface area contributed by atoms with Gasteiger partial charge in [-0.15, -0.1) is 0 Å². The van der Waals surface area contributed by atoms with E-state index in [1.54, 1.807) is 0 Å². The van der Waals surface area contributed by atoms with E-state index in [1.807, 2.05) is 24.3 Å². The number of rotatable bonds is 7. The number of benzene rings is 2. The normalized spacial score (nSPS) is 10.7. The monoisotopic (exact) mass is 271 g/mol. The molecule has 20 heavy (non-hydrogen) atoms. The first kappa shape index (κ1) is 14.5. The molecule has 2 aromatic carbocycles. The predicted molar refractivity (Wildman–Crippen MR) is 81.6 cm³/mol.